The van der Waals surface area contributed by atoms with Crippen LogP contribution in [0.2, 0.25) is 10.0 Å². The number of sulfone groups is 1. The fourth-order valence-electron chi connectivity index (χ4n) is 2.96. The van der Waals surface area contributed by atoms with E-state index < -0.39 is 9.84 Å². The Labute approximate surface area is 162 Å². The number of rotatable bonds is 6. The van der Waals surface area contributed by atoms with Crippen LogP contribution < -0.4 is 5.32 Å². The van der Waals surface area contributed by atoms with Gasteiger partial charge in [0, 0.05) is 6.04 Å². The topological polar surface area (TPSA) is 79.6 Å². The molecule has 2 aromatic rings. The van der Waals surface area contributed by atoms with Gasteiger partial charge in [0.2, 0.25) is 5.91 Å². The molecule has 0 saturated carbocycles. The maximum Gasteiger partial charge on any atom is 0.238 e. The standard InChI is InChI=1S/C17H18Cl2N2O4S/c18-14-4-1-5-15(19)17(14)20-16(22)10-21(9-13-3-2-7-25-13)12-6-8-26(23,24)11-12/h1-5,7,12H,6,8-11H2,(H,20,22)/t12-/m0/s1. The summed E-state index contributed by atoms with van der Waals surface area (Å²) in [4.78, 5) is 14.3. The van der Waals surface area contributed by atoms with Crippen LogP contribution in [-0.4, -0.2) is 43.3 Å². The van der Waals surface area contributed by atoms with Crippen LogP contribution in [0.15, 0.2) is 41.0 Å². The van der Waals surface area contributed by atoms with Crippen LogP contribution >= 0.6 is 23.2 Å². The molecular weight excluding hydrogens is 399 g/mol. The van der Waals surface area contributed by atoms with Crippen LogP contribution in [0.3, 0.4) is 0 Å². The lowest BCUT2D eigenvalue weighted by atomic mass is 10.2. The highest BCUT2D eigenvalue weighted by atomic mass is 35.5. The highest BCUT2D eigenvalue weighted by Crippen LogP contribution is 2.30. The third-order valence-electron chi connectivity index (χ3n) is 4.24. The first kappa shape index (κ1) is 19.2. The number of anilines is 1. The number of carbonyl (C=O) groups excluding carboxylic acids is 1. The zero-order valence-electron chi connectivity index (χ0n) is 13.8. The molecule has 3 rings (SSSR count). The molecule has 1 saturated heterocycles. The highest BCUT2D eigenvalue weighted by Gasteiger charge is 2.33. The molecule has 1 aliphatic rings. The number of para-hydroxylation sites is 1. The molecule has 1 N–H and O–H groups in total. The number of amides is 1. The van der Waals surface area contributed by atoms with E-state index in [9.17, 15) is 13.2 Å². The molecule has 0 aliphatic carbocycles. The van der Waals surface area contributed by atoms with E-state index in [1.807, 2.05) is 4.90 Å². The van der Waals surface area contributed by atoms with Gasteiger partial charge in [-0.05, 0) is 30.7 Å². The Balaban J connectivity index is 1.73. The number of furan rings is 1. The van der Waals surface area contributed by atoms with Crippen molar-refractivity contribution in [2.75, 3.05) is 23.4 Å². The number of nitrogens with zero attached hydrogens (tertiary/aromatic N) is 1. The van der Waals surface area contributed by atoms with E-state index in [1.165, 1.54) is 0 Å². The maximum atomic E-state index is 12.5. The second-order valence-electron chi connectivity index (χ2n) is 6.19. The molecule has 0 radical (unpaired) electrons. The van der Waals surface area contributed by atoms with Crippen LogP contribution in [0.25, 0.3) is 0 Å². The Morgan fingerprint density at radius 1 is 1.23 bits per heavy atom. The van der Waals surface area contributed by atoms with Crippen molar-refractivity contribution >= 4 is 44.6 Å². The van der Waals surface area contributed by atoms with E-state index in [0.29, 0.717) is 34.5 Å². The van der Waals surface area contributed by atoms with Crippen molar-refractivity contribution in [1.82, 2.24) is 4.90 Å². The van der Waals surface area contributed by atoms with Gasteiger partial charge in [-0.1, -0.05) is 29.3 Å². The smallest absolute Gasteiger partial charge is 0.238 e. The number of hydrogen-bond acceptors (Lipinski definition) is 5. The Bertz CT molecular complexity index is 864. The zero-order chi connectivity index (χ0) is 18.7. The summed E-state index contributed by atoms with van der Waals surface area (Å²) < 4.78 is 29.0. The van der Waals surface area contributed by atoms with Gasteiger partial charge in [0.15, 0.2) is 9.84 Å². The average Bonchev–Trinajstić information content (AvgIpc) is 3.20. The summed E-state index contributed by atoms with van der Waals surface area (Å²) in [6, 6.07) is 8.26. The van der Waals surface area contributed by atoms with Crippen molar-refractivity contribution in [3.05, 3.63) is 52.4 Å². The van der Waals surface area contributed by atoms with E-state index in [2.05, 4.69) is 5.32 Å². The van der Waals surface area contributed by atoms with Gasteiger partial charge >= 0.3 is 0 Å². The van der Waals surface area contributed by atoms with Crippen molar-refractivity contribution in [2.24, 2.45) is 0 Å². The SMILES string of the molecule is O=C(CN(Cc1ccco1)[C@H]1CCS(=O)(=O)C1)Nc1c(Cl)cccc1Cl. The van der Waals surface area contributed by atoms with Crippen LogP contribution in [0.4, 0.5) is 5.69 Å². The summed E-state index contributed by atoms with van der Waals surface area (Å²) in [5.41, 5.74) is 0.345. The molecule has 2 heterocycles. The van der Waals surface area contributed by atoms with E-state index in [0.717, 1.165) is 0 Å². The number of hydrogen-bond donors (Lipinski definition) is 1. The molecular formula is C17H18Cl2N2O4S. The van der Waals surface area contributed by atoms with Gasteiger partial charge in [0.1, 0.15) is 5.76 Å². The Hall–Kier alpha value is -1.54. The number of carbonyl (C=O) groups is 1. The molecule has 1 aromatic carbocycles. The van der Waals surface area contributed by atoms with Crippen LogP contribution in [0, 0.1) is 0 Å². The largest absolute Gasteiger partial charge is 0.468 e. The van der Waals surface area contributed by atoms with E-state index >= 15 is 0 Å². The molecule has 0 unspecified atom stereocenters. The minimum Gasteiger partial charge on any atom is -0.468 e. The fraction of sp³-hybridized carbons (Fsp3) is 0.353. The van der Waals surface area contributed by atoms with E-state index in [1.54, 1.807) is 36.6 Å². The lowest BCUT2D eigenvalue weighted by Gasteiger charge is -2.26. The summed E-state index contributed by atoms with van der Waals surface area (Å²) in [5.74, 6) is 0.506. The van der Waals surface area contributed by atoms with E-state index in [4.69, 9.17) is 27.6 Å². The molecule has 1 atom stereocenters. The second kappa shape index (κ2) is 8.00. The first-order chi connectivity index (χ1) is 12.3. The van der Waals surface area contributed by atoms with Crippen molar-refractivity contribution in [2.45, 2.75) is 19.0 Å². The Morgan fingerprint density at radius 2 is 1.96 bits per heavy atom. The number of halogens is 2. The first-order valence-corrected chi connectivity index (χ1v) is 10.6. The minimum atomic E-state index is -3.07. The summed E-state index contributed by atoms with van der Waals surface area (Å²) in [6.45, 7) is 0.347. The van der Waals surface area contributed by atoms with Gasteiger partial charge in [-0.15, -0.1) is 0 Å². The first-order valence-electron chi connectivity index (χ1n) is 8.05. The normalized spacial score (nSPS) is 19.0. The molecule has 140 valence electrons. The van der Waals surface area contributed by atoms with E-state index in [-0.39, 0.29) is 30.0 Å². The summed E-state index contributed by atoms with van der Waals surface area (Å²) in [5, 5.41) is 3.39. The molecule has 0 bridgehead atoms. The van der Waals surface area contributed by atoms with Gasteiger partial charge in [-0.25, -0.2) is 8.42 Å². The minimum absolute atomic E-state index is 0.00242. The average molecular weight is 417 g/mol. The fourth-order valence-corrected chi connectivity index (χ4v) is 5.21. The van der Waals surface area contributed by atoms with Crippen LogP contribution in [0.1, 0.15) is 12.2 Å². The third-order valence-corrected chi connectivity index (χ3v) is 6.62. The zero-order valence-corrected chi connectivity index (χ0v) is 16.1. The lowest BCUT2D eigenvalue weighted by molar-refractivity contribution is -0.118. The van der Waals surface area contributed by atoms with Crippen molar-refractivity contribution in [1.29, 1.82) is 0 Å². The van der Waals surface area contributed by atoms with Gasteiger partial charge in [0.25, 0.3) is 0 Å². The third kappa shape index (κ3) is 4.79. The van der Waals surface area contributed by atoms with Gasteiger partial charge in [-0.2, -0.15) is 0 Å². The summed E-state index contributed by atoms with van der Waals surface area (Å²) in [6.07, 6.45) is 2.03. The predicted molar refractivity (Wildman–Crippen MR) is 101 cm³/mol. The van der Waals surface area contributed by atoms with Crippen LogP contribution in [-0.2, 0) is 21.2 Å². The van der Waals surface area contributed by atoms with Crippen molar-refractivity contribution < 1.29 is 17.6 Å². The molecule has 9 heteroatoms. The quantitative estimate of drug-likeness (QED) is 0.781. The van der Waals surface area contributed by atoms with Gasteiger partial charge in [-0.3, -0.25) is 9.69 Å². The molecule has 1 aliphatic heterocycles. The molecule has 0 spiro atoms. The Morgan fingerprint density at radius 3 is 2.54 bits per heavy atom. The second-order valence-corrected chi connectivity index (χ2v) is 9.23. The number of nitrogens with one attached hydrogen (secondary N) is 1. The molecule has 1 amide bonds. The van der Waals surface area contributed by atoms with Gasteiger partial charge in [0.05, 0.1) is 46.6 Å². The summed E-state index contributed by atoms with van der Waals surface area (Å²) in [7, 11) is -3.07. The van der Waals surface area contributed by atoms with Crippen molar-refractivity contribution in [3.63, 3.8) is 0 Å². The molecule has 26 heavy (non-hydrogen) atoms. The van der Waals surface area contributed by atoms with Crippen molar-refractivity contribution in [3.8, 4) is 0 Å². The highest BCUT2D eigenvalue weighted by molar-refractivity contribution is 7.91. The lowest BCUT2D eigenvalue weighted by Crippen LogP contribution is -2.41. The predicted octanol–water partition coefficient (Wildman–Crippen LogP) is 3.21. The molecule has 1 aromatic heterocycles. The molecule has 1 fully saturated rings. The van der Waals surface area contributed by atoms with Gasteiger partial charge < -0.3 is 9.73 Å². The van der Waals surface area contributed by atoms with Crippen LogP contribution in [0.5, 0.6) is 0 Å². The molecule has 6 nitrogen and oxygen atoms in total. The summed E-state index contributed by atoms with van der Waals surface area (Å²) >= 11 is 12.2. The Kier molecular flexibility index (Phi) is 5.92. The monoisotopic (exact) mass is 416 g/mol. The number of benzene rings is 1. The maximum absolute atomic E-state index is 12.5.